The van der Waals surface area contributed by atoms with Gasteiger partial charge in [0.25, 0.3) is 0 Å². The van der Waals surface area contributed by atoms with Crippen molar-refractivity contribution in [1.82, 2.24) is 0 Å². The highest BCUT2D eigenvalue weighted by molar-refractivity contribution is 5.51. The van der Waals surface area contributed by atoms with Gasteiger partial charge in [0.2, 0.25) is 0 Å². The van der Waals surface area contributed by atoms with Crippen molar-refractivity contribution >= 4 is 6.08 Å². The summed E-state index contributed by atoms with van der Waals surface area (Å²) in [5.41, 5.74) is 3.17. The monoisotopic (exact) mass is 300 g/mol. The molecule has 0 amide bonds. The van der Waals surface area contributed by atoms with Gasteiger partial charge in [-0.15, -0.1) is 0 Å². The van der Waals surface area contributed by atoms with E-state index in [0.29, 0.717) is 0 Å². The predicted octanol–water partition coefficient (Wildman–Crippen LogP) is 5.22. The van der Waals surface area contributed by atoms with E-state index in [2.05, 4.69) is 36.4 Å². The fraction of sp³-hybridized carbons (Fsp3) is 0.0909. The first kappa shape index (κ1) is 15.3. The van der Waals surface area contributed by atoms with Gasteiger partial charge in [0, 0.05) is 5.92 Å². The quantitative estimate of drug-likeness (QED) is 0.685. The highest BCUT2D eigenvalue weighted by Gasteiger charge is 2.19. The van der Waals surface area contributed by atoms with Crippen LogP contribution < -0.4 is 0 Å². The van der Waals surface area contributed by atoms with E-state index in [4.69, 9.17) is 0 Å². The maximum Gasteiger partial charge on any atom is 0.0893 e. The molecule has 114 valence electrons. The first-order valence-corrected chi connectivity index (χ1v) is 7.86. The fourth-order valence-corrected chi connectivity index (χ4v) is 2.71. The molecule has 0 saturated heterocycles. The van der Waals surface area contributed by atoms with Crippen molar-refractivity contribution in [3.05, 3.63) is 114 Å². The molecule has 0 aromatic heterocycles. The fourth-order valence-electron chi connectivity index (χ4n) is 2.71. The van der Waals surface area contributed by atoms with E-state index in [9.17, 15) is 5.11 Å². The van der Waals surface area contributed by atoms with Gasteiger partial charge in [0.05, 0.1) is 6.10 Å². The van der Waals surface area contributed by atoms with Crippen molar-refractivity contribution in [2.45, 2.75) is 12.0 Å². The lowest BCUT2D eigenvalue weighted by Crippen LogP contribution is -2.08. The van der Waals surface area contributed by atoms with Crippen LogP contribution in [0.2, 0.25) is 0 Å². The van der Waals surface area contributed by atoms with Crippen molar-refractivity contribution in [2.75, 3.05) is 0 Å². The maximum absolute atomic E-state index is 10.9. The minimum absolute atomic E-state index is 0.0844. The standard InChI is InChI=1S/C22H20O/c23-22(20-14-8-3-9-15-20)21(19-12-6-2-7-13-19)17-16-18-10-4-1-5-11-18/h1-17,21-23H/b17-16+/t21-,22-/m0/s1. The van der Waals surface area contributed by atoms with Gasteiger partial charge in [-0.3, -0.25) is 0 Å². The van der Waals surface area contributed by atoms with Gasteiger partial charge in [-0.2, -0.15) is 0 Å². The van der Waals surface area contributed by atoms with Gasteiger partial charge >= 0.3 is 0 Å². The summed E-state index contributed by atoms with van der Waals surface area (Å²) in [6.45, 7) is 0. The maximum atomic E-state index is 10.9. The summed E-state index contributed by atoms with van der Waals surface area (Å²) in [5.74, 6) is -0.0844. The highest BCUT2D eigenvalue weighted by Crippen LogP contribution is 2.32. The summed E-state index contributed by atoms with van der Waals surface area (Å²) in [4.78, 5) is 0. The first-order chi connectivity index (χ1) is 11.3. The molecule has 0 saturated carbocycles. The van der Waals surface area contributed by atoms with E-state index >= 15 is 0 Å². The lowest BCUT2D eigenvalue weighted by atomic mass is 9.88. The van der Waals surface area contributed by atoms with Crippen LogP contribution in [0.15, 0.2) is 97.1 Å². The van der Waals surface area contributed by atoms with Crippen LogP contribution in [0.4, 0.5) is 0 Å². The van der Waals surface area contributed by atoms with Crippen molar-refractivity contribution in [3.8, 4) is 0 Å². The largest absolute Gasteiger partial charge is 0.387 e. The molecule has 0 radical (unpaired) electrons. The van der Waals surface area contributed by atoms with Crippen molar-refractivity contribution < 1.29 is 5.11 Å². The van der Waals surface area contributed by atoms with Gasteiger partial charge < -0.3 is 5.11 Å². The number of aliphatic hydroxyl groups excluding tert-OH is 1. The Hall–Kier alpha value is -2.64. The van der Waals surface area contributed by atoms with E-state index in [1.54, 1.807) is 0 Å². The zero-order valence-corrected chi connectivity index (χ0v) is 12.9. The Balaban J connectivity index is 1.93. The van der Waals surface area contributed by atoms with Crippen molar-refractivity contribution in [2.24, 2.45) is 0 Å². The highest BCUT2D eigenvalue weighted by atomic mass is 16.3. The molecular weight excluding hydrogens is 280 g/mol. The second-order valence-corrected chi connectivity index (χ2v) is 5.56. The van der Waals surface area contributed by atoms with E-state index in [-0.39, 0.29) is 5.92 Å². The van der Waals surface area contributed by atoms with Crippen LogP contribution in [0.5, 0.6) is 0 Å². The van der Waals surface area contributed by atoms with Crippen LogP contribution >= 0.6 is 0 Å². The number of hydrogen-bond acceptors (Lipinski definition) is 1. The predicted molar refractivity (Wildman–Crippen MR) is 96.1 cm³/mol. The van der Waals surface area contributed by atoms with Gasteiger partial charge in [0.1, 0.15) is 0 Å². The molecule has 0 aliphatic rings. The third-order valence-electron chi connectivity index (χ3n) is 3.96. The second kappa shape index (κ2) is 7.57. The number of rotatable bonds is 5. The lowest BCUT2D eigenvalue weighted by Gasteiger charge is -2.21. The molecule has 23 heavy (non-hydrogen) atoms. The molecular formula is C22H20O. The Bertz CT molecular complexity index is 733. The smallest absolute Gasteiger partial charge is 0.0893 e. The zero-order chi connectivity index (χ0) is 15.9. The molecule has 1 N–H and O–H groups in total. The topological polar surface area (TPSA) is 20.2 Å². The molecule has 0 spiro atoms. The van der Waals surface area contributed by atoms with Gasteiger partial charge in [0.15, 0.2) is 0 Å². The third-order valence-corrected chi connectivity index (χ3v) is 3.96. The molecule has 0 fully saturated rings. The van der Waals surface area contributed by atoms with Crippen molar-refractivity contribution in [1.29, 1.82) is 0 Å². The van der Waals surface area contributed by atoms with Crippen LogP contribution in [-0.4, -0.2) is 5.11 Å². The van der Waals surface area contributed by atoms with Crippen molar-refractivity contribution in [3.63, 3.8) is 0 Å². The number of aliphatic hydroxyl groups is 1. The Morgan fingerprint density at radius 3 is 1.65 bits per heavy atom. The van der Waals surface area contributed by atoms with Gasteiger partial charge in [-0.05, 0) is 16.7 Å². The van der Waals surface area contributed by atoms with Crippen LogP contribution in [0.1, 0.15) is 28.7 Å². The van der Waals surface area contributed by atoms with Crippen LogP contribution in [0, 0.1) is 0 Å². The summed E-state index contributed by atoms with van der Waals surface area (Å²) in [5, 5.41) is 10.9. The molecule has 0 unspecified atom stereocenters. The van der Waals surface area contributed by atoms with E-state index in [1.165, 1.54) is 0 Å². The molecule has 0 aliphatic carbocycles. The molecule has 2 atom stereocenters. The number of benzene rings is 3. The molecule has 0 aliphatic heterocycles. The normalized spacial score (nSPS) is 13.8. The third kappa shape index (κ3) is 3.97. The number of hydrogen-bond donors (Lipinski definition) is 1. The summed E-state index contributed by atoms with van der Waals surface area (Å²) in [6, 6.07) is 30.1. The first-order valence-electron chi connectivity index (χ1n) is 7.86. The molecule has 0 bridgehead atoms. The van der Waals surface area contributed by atoms with E-state index in [0.717, 1.165) is 16.7 Å². The Labute approximate surface area is 137 Å². The molecule has 3 aromatic rings. The summed E-state index contributed by atoms with van der Waals surface area (Å²) in [6.07, 6.45) is 3.59. The van der Waals surface area contributed by atoms with Gasteiger partial charge in [-0.1, -0.05) is 103 Å². The summed E-state index contributed by atoms with van der Waals surface area (Å²) in [7, 11) is 0. The van der Waals surface area contributed by atoms with Crippen LogP contribution in [-0.2, 0) is 0 Å². The summed E-state index contributed by atoms with van der Waals surface area (Å²) >= 11 is 0. The summed E-state index contributed by atoms with van der Waals surface area (Å²) < 4.78 is 0. The van der Waals surface area contributed by atoms with E-state index in [1.807, 2.05) is 66.7 Å². The van der Waals surface area contributed by atoms with Crippen LogP contribution in [0.3, 0.4) is 0 Å². The Kier molecular flexibility index (Phi) is 5.02. The molecule has 1 heteroatoms. The average Bonchev–Trinajstić information content (AvgIpc) is 2.64. The second-order valence-electron chi connectivity index (χ2n) is 5.56. The van der Waals surface area contributed by atoms with Gasteiger partial charge in [-0.25, -0.2) is 0 Å². The lowest BCUT2D eigenvalue weighted by molar-refractivity contribution is 0.162. The van der Waals surface area contributed by atoms with Crippen LogP contribution in [0.25, 0.3) is 6.08 Å². The minimum atomic E-state index is -0.571. The van der Waals surface area contributed by atoms with E-state index < -0.39 is 6.10 Å². The average molecular weight is 300 g/mol. The Morgan fingerprint density at radius 1 is 0.609 bits per heavy atom. The minimum Gasteiger partial charge on any atom is -0.387 e. The Morgan fingerprint density at radius 2 is 1.09 bits per heavy atom. The molecule has 0 heterocycles. The zero-order valence-electron chi connectivity index (χ0n) is 12.9. The molecule has 1 nitrogen and oxygen atoms in total. The SMILES string of the molecule is O[C@@H](c1ccccc1)[C@@H](/C=C/c1ccccc1)c1ccccc1. The molecule has 3 aromatic carbocycles. The molecule has 3 rings (SSSR count).